The topological polar surface area (TPSA) is 107 Å². The number of aryl methyl sites for hydroxylation is 1. The number of terminal acetylenes is 1. The second-order valence-corrected chi connectivity index (χ2v) is 16.6. The zero-order valence-electron chi connectivity index (χ0n) is 30.9. The van der Waals surface area contributed by atoms with E-state index in [2.05, 4.69) is 15.7 Å². The summed E-state index contributed by atoms with van der Waals surface area (Å²) < 4.78 is 39.9. The number of carbonyl (C=O) groups excluding carboxylic acids is 1. The summed E-state index contributed by atoms with van der Waals surface area (Å²) >= 11 is 1.43. The van der Waals surface area contributed by atoms with Crippen LogP contribution in [0.25, 0.3) is 21.1 Å². The van der Waals surface area contributed by atoms with Crippen LogP contribution in [0.1, 0.15) is 58.4 Å². The van der Waals surface area contributed by atoms with Crippen molar-refractivity contribution < 1.29 is 28.1 Å². The molecule has 2 aromatic heterocycles. The molecule has 0 N–H and O–H groups in total. The van der Waals surface area contributed by atoms with Gasteiger partial charge in [0.1, 0.15) is 29.6 Å². The monoisotopic (exact) mass is 743 g/mol. The molecule has 4 atom stereocenters. The van der Waals surface area contributed by atoms with Crippen molar-refractivity contribution in [2.24, 2.45) is 12.0 Å². The Bertz CT molecular complexity index is 2160. The fourth-order valence-corrected chi connectivity index (χ4v) is 9.63. The summed E-state index contributed by atoms with van der Waals surface area (Å²) in [4.78, 5) is 36.3. The van der Waals surface area contributed by atoms with E-state index in [1.807, 2.05) is 67.6 Å². The third-order valence-corrected chi connectivity index (χ3v) is 11.9. The maximum atomic E-state index is 14.6. The van der Waals surface area contributed by atoms with Gasteiger partial charge in [0.2, 0.25) is 0 Å². The number of thiazole rings is 1. The Morgan fingerprint density at radius 1 is 1.15 bits per heavy atom. The molecule has 2 bridgehead atoms. The van der Waals surface area contributed by atoms with Gasteiger partial charge >= 0.3 is 12.1 Å². The molecule has 4 aliphatic heterocycles. The van der Waals surface area contributed by atoms with Gasteiger partial charge in [-0.05, 0) is 70.5 Å². The second kappa shape index (κ2) is 13.8. The minimum absolute atomic E-state index is 0.0274. The summed E-state index contributed by atoms with van der Waals surface area (Å²) in [6.07, 6.45) is 8.94. The summed E-state index contributed by atoms with van der Waals surface area (Å²) in [6.45, 7) is 8.57. The molecule has 6 heterocycles. The van der Waals surface area contributed by atoms with Crippen LogP contribution >= 0.6 is 11.3 Å². The minimum Gasteiger partial charge on any atom is -0.467 e. The Morgan fingerprint density at radius 3 is 2.68 bits per heavy atom. The number of amides is 1. The third-order valence-electron chi connectivity index (χ3n) is 10.9. The van der Waals surface area contributed by atoms with Crippen molar-refractivity contribution in [1.29, 1.82) is 0 Å². The molecular formula is C39H46FN7O5S. The molecule has 8 rings (SSSR count). The van der Waals surface area contributed by atoms with Crippen LogP contribution in [0.3, 0.4) is 0 Å². The highest BCUT2D eigenvalue weighted by Crippen LogP contribution is 2.41. The number of benzene rings is 2. The zero-order chi connectivity index (χ0) is 37.1. The summed E-state index contributed by atoms with van der Waals surface area (Å²) in [5.74, 6) is 4.13. The predicted octanol–water partition coefficient (Wildman–Crippen LogP) is 5.92. The van der Waals surface area contributed by atoms with Gasteiger partial charge in [-0.15, -0.1) is 6.42 Å². The van der Waals surface area contributed by atoms with Gasteiger partial charge < -0.3 is 28.4 Å². The smallest absolute Gasteiger partial charge is 0.410 e. The summed E-state index contributed by atoms with van der Waals surface area (Å²) in [6, 6.07) is 9.80. The molecule has 14 heteroatoms. The van der Waals surface area contributed by atoms with Crippen molar-refractivity contribution in [2.45, 2.75) is 82.3 Å². The van der Waals surface area contributed by atoms with E-state index in [1.165, 1.54) is 11.3 Å². The van der Waals surface area contributed by atoms with E-state index in [4.69, 9.17) is 40.3 Å². The van der Waals surface area contributed by atoms with E-state index in [9.17, 15) is 9.18 Å². The molecule has 0 spiro atoms. The SMILES string of the molecule is C#Cc1cccc2cc(OCOC)cc(N=c3sc4nc(OC[C@@]56CCCN5C[C@H](F)C6)nc(N5CC6CCC(C5)N6C(=O)OC(C)(C)C)c4n3C)c12. The van der Waals surface area contributed by atoms with Gasteiger partial charge in [-0.1, -0.05) is 29.4 Å². The summed E-state index contributed by atoms with van der Waals surface area (Å²) in [5, 5.41) is 1.74. The highest BCUT2D eigenvalue weighted by Gasteiger charge is 2.50. The lowest BCUT2D eigenvalue weighted by molar-refractivity contribution is 0.0122. The number of halogens is 1. The van der Waals surface area contributed by atoms with E-state index in [-0.39, 0.29) is 36.5 Å². The molecular weight excluding hydrogens is 698 g/mol. The molecule has 53 heavy (non-hydrogen) atoms. The lowest BCUT2D eigenvalue weighted by Gasteiger charge is -2.42. The Labute approximate surface area is 312 Å². The lowest BCUT2D eigenvalue weighted by atomic mass is 9.95. The van der Waals surface area contributed by atoms with Crippen LogP contribution in [0.5, 0.6) is 11.8 Å². The molecule has 4 fully saturated rings. The lowest BCUT2D eigenvalue weighted by Crippen LogP contribution is -2.57. The first-order valence-corrected chi connectivity index (χ1v) is 19.1. The number of methoxy groups -OCH3 is 1. The van der Waals surface area contributed by atoms with Crippen molar-refractivity contribution in [1.82, 2.24) is 24.3 Å². The number of alkyl halides is 1. The number of hydrogen-bond acceptors (Lipinski definition) is 11. The Morgan fingerprint density at radius 2 is 1.94 bits per heavy atom. The first-order chi connectivity index (χ1) is 25.4. The van der Waals surface area contributed by atoms with Gasteiger partial charge in [-0.25, -0.2) is 14.2 Å². The largest absolute Gasteiger partial charge is 0.467 e. The zero-order valence-corrected chi connectivity index (χ0v) is 31.7. The third kappa shape index (κ3) is 6.68. The van der Waals surface area contributed by atoms with Crippen LogP contribution in [-0.4, -0.2) is 107 Å². The van der Waals surface area contributed by atoms with Gasteiger partial charge in [0, 0.05) is 57.2 Å². The molecule has 0 saturated carbocycles. The number of anilines is 1. The number of carbonyl (C=O) groups is 1. The Balaban J connectivity index is 1.22. The predicted molar refractivity (Wildman–Crippen MR) is 202 cm³/mol. The summed E-state index contributed by atoms with van der Waals surface area (Å²) in [5.41, 5.74) is 1.26. The maximum absolute atomic E-state index is 14.6. The van der Waals surface area contributed by atoms with Crippen LogP contribution < -0.4 is 19.2 Å². The highest BCUT2D eigenvalue weighted by atomic mass is 32.1. The van der Waals surface area contributed by atoms with E-state index in [0.717, 1.165) is 54.1 Å². The molecule has 280 valence electrons. The molecule has 4 saturated heterocycles. The number of fused-ring (bicyclic) bond motifs is 5. The van der Waals surface area contributed by atoms with E-state index in [0.29, 0.717) is 59.5 Å². The molecule has 4 aliphatic rings. The first-order valence-electron chi connectivity index (χ1n) is 18.3. The second-order valence-electron chi connectivity index (χ2n) is 15.6. The van der Waals surface area contributed by atoms with Crippen molar-refractivity contribution in [2.75, 3.05) is 51.6 Å². The number of aromatic nitrogens is 3. The molecule has 0 aliphatic carbocycles. The average molecular weight is 744 g/mol. The fourth-order valence-electron chi connectivity index (χ4n) is 8.64. The fraction of sp³-hybridized carbons (Fsp3) is 0.538. The number of piperazine rings is 1. The van der Waals surface area contributed by atoms with E-state index in [1.54, 1.807) is 7.11 Å². The van der Waals surface area contributed by atoms with Crippen molar-refractivity contribution in [3.05, 3.63) is 40.7 Å². The molecule has 2 aromatic carbocycles. The highest BCUT2D eigenvalue weighted by molar-refractivity contribution is 7.16. The van der Waals surface area contributed by atoms with Crippen LogP contribution in [0.15, 0.2) is 35.3 Å². The van der Waals surface area contributed by atoms with Crippen LogP contribution in [0.2, 0.25) is 0 Å². The van der Waals surface area contributed by atoms with Gasteiger partial charge in [-0.2, -0.15) is 9.97 Å². The normalized spacial score (nSPS) is 24.6. The number of rotatable bonds is 8. The van der Waals surface area contributed by atoms with Crippen LogP contribution in [0.4, 0.5) is 20.7 Å². The van der Waals surface area contributed by atoms with Crippen molar-refractivity contribution in [3.63, 3.8) is 0 Å². The van der Waals surface area contributed by atoms with E-state index >= 15 is 0 Å². The average Bonchev–Trinajstić information content (AvgIpc) is 3.82. The molecule has 12 nitrogen and oxygen atoms in total. The first kappa shape index (κ1) is 35.6. The summed E-state index contributed by atoms with van der Waals surface area (Å²) in [7, 11) is 3.54. The van der Waals surface area contributed by atoms with Gasteiger partial charge in [0.15, 0.2) is 22.2 Å². The van der Waals surface area contributed by atoms with Crippen molar-refractivity contribution >= 4 is 50.1 Å². The molecule has 4 aromatic rings. The van der Waals surface area contributed by atoms with Gasteiger partial charge in [-0.3, -0.25) is 9.80 Å². The quantitative estimate of drug-likeness (QED) is 0.161. The van der Waals surface area contributed by atoms with Crippen LogP contribution in [-0.2, 0) is 16.5 Å². The molecule has 0 radical (unpaired) electrons. The Kier molecular flexibility index (Phi) is 9.23. The van der Waals surface area contributed by atoms with Crippen LogP contribution in [0, 0.1) is 12.3 Å². The van der Waals surface area contributed by atoms with E-state index < -0.39 is 11.8 Å². The number of nitrogens with zero attached hydrogens (tertiary/aromatic N) is 7. The standard InChI is InChI=1S/C39H46FN7O5S/c1-7-24-10-8-11-25-16-29(51-23-49-6)17-30(31(24)25)41-36-44(5)32-33(45-20-27-12-13-28(21-45)47(27)37(48)52-38(2,3)4)42-35(43-34(32)53-36)50-22-39-14-9-15-46(39)19-26(40)18-39/h1,8,10-11,16-17,26-28H,9,12-15,18-23H2,2-6H3/t26-,27?,28?,39+/m1/s1. The van der Waals surface area contributed by atoms with Gasteiger partial charge in [0.05, 0.1) is 23.3 Å². The van der Waals surface area contributed by atoms with Gasteiger partial charge in [0.25, 0.3) is 0 Å². The number of hydrogen-bond donors (Lipinski definition) is 0. The minimum atomic E-state index is -0.861. The number of ether oxygens (including phenoxy) is 4. The van der Waals surface area contributed by atoms with Crippen molar-refractivity contribution in [3.8, 4) is 24.1 Å². The molecule has 1 amide bonds. The molecule has 2 unspecified atom stereocenters. The Hall–Kier alpha value is -4.45. The maximum Gasteiger partial charge on any atom is 0.410 e.